The maximum absolute atomic E-state index is 12.7. The smallest absolute Gasteiger partial charge is 0.416 e. The third kappa shape index (κ3) is 5.95. The molecule has 11 heteroatoms. The maximum Gasteiger partial charge on any atom is 0.416 e. The maximum atomic E-state index is 12.7. The third-order valence-electron chi connectivity index (χ3n) is 3.74. The van der Waals surface area contributed by atoms with Gasteiger partial charge in [-0.15, -0.1) is 0 Å². The van der Waals surface area contributed by atoms with E-state index in [-0.39, 0.29) is 16.9 Å². The first kappa shape index (κ1) is 22.2. The Morgan fingerprint density at radius 2 is 1.72 bits per heavy atom. The Balaban J connectivity index is 2.21. The van der Waals surface area contributed by atoms with E-state index in [9.17, 15) is 31.2 Å². The van der Waals surface area contributed by atoms with Crippen LogP contribution in [0.1, 0.15) is 15.9 Å². The number of nitrogens with one attached hydrogen (secondary N) is 1. The lowest BCUT2D eigenvalue weighted by atomic mass is 10.2. The minimum absolute atomic E-state index is 0.0982. The van der Waals surface area contributed by atoms with Gasteiger partial charge in [0.2, 0.25) is 15.9 Å². The largest absolute Gasteiger partial charge is 0.465 e. The number of carbonyl (C=O) groups excluding carboxylic acids is 2. The van der Waals surface area contributed by atoms with Crippen molar-refractivity contribution in [2.75, 3.05) is 29.5 Å². The molecule has 0 atom stereocenters. The zero-order valence-electron chi connectivity index (χ0n) is 15.4. The highest BCUT2D eigenvalue weighted by Gasteiger charge is 2.31. The Labute approximate surface area is 165 Å². The third-order valence-corrected chi connectivity index (χ3v) is 4.88. The fourth-order valence-electron chi connectivity index (χ4n) is 2.39. The summed E-state index contributed by atoms with van der Waals surface area (Å²) in [6.45, 7) is -0.674. The Bertz CT molecular complexity index is 1000. The van der Waals surface area contributed by atoms with Crippen LogP contribution in [0.3, 0.4) is 0 Å². The quantitative estimate of drug-likeness (QED) is 0.712. The summed E-state index contributed by atoms with van der Waals surface area (Å²) in [6, 6.07) is 9.17. The van der Waals surface area contributed by atoms with Gasteiger partial charge in [-0.3, -0.25) is 9.10 Å². The number of anilines is 2. The highest BCUT2D eigenvalue weighted by Crippen LogP contribution is 2.31. The Hall–Kier alpha value is -3.08. The summed E-state index contributed by atoms with van der Waals surface area (Å²) in [5, 5.41) is 2.44. The minimum atomic E-state index is -4.57. The normalized spacial score (nSPS) is 11.6. The van der Waals surface area contributed by atoms with Gasteiger partial charge in [-0.25, -0.2) is 13.2 Å². The van der Waals surface area contributed by atoms with Crippen LogP contribution in [-0.2, 0) is 25.7 Å². The number of halogens is 3. The molecule has 0 aromatic heterocycles. The Morgan fingerprint density at radius 3 is 2.24 bits per heavy atom. The van der Waals surface area contributed by atoms with Gasteiger partial charge in [-0.1, -0.05) is 6.07 Å². The van der Waals surface area contributed by atoms with E-state index >= 15 is 0 Å². The minimum Gasteiger partial charge on any atom is -0.465 e. The molecule has 0 aliphatic rings. The van der Waals surface area contributed by atoms with Crippen molar-refractivity contribution < 1.29 is 35.9 Å². The molecule has 0 spiro atoms. The Kier molecular flexibility index (Phi) is 6.52. The van der Waals surface area contributed by atoms with Crippen LogP contribution in [0.15, 0.2) is 48.5 Å². The fraction of sp³-hybridized carbons (Fsp3) is 0.222. The first-order valence-corrected chi connectivity index (χ1v) is 9.90. The lowest BCUT2D eigenvalue weighted by Gasteiger charge is -2.22. The molecule has 0 saturated heterocycles. The summed E-state index contributed by atoms with van der Waals surface area (Å²) in [5.41, 5.74) is -0.649. The number of amides is 1. The van der Waals surface area contributed by atoms with Crippen LogP contribution in [0, 0.1) is 0 Å². The van der Waals surface area contributed by atoms with Crippen LogP contribution in [0.5, 0.6) is 0 Å². The molecule has 156 valence electrons. The number of sulfonamides is 1. The zero-order valence-corrected chi connectivity index (χ0v) is 16.2. The number of methoxy groups -OCH3 is 1. The van der Waals surface area contributed by atoms with Gasteiger partial charge in [-0.05, 0) is 42.5 Å². The number of hydrogen-bond donors (Lipinski definition) is 1. The summed E-state index contributed by atoms with van der Waals surface area (Å²) < 4.78 is 67.4. The summed E-state index contributed by atoms with van der Waals surface area (Å²) in [4.78, 5) is 23.8. The van der Waals surface area contributed by atoms with Gasteiger partial charge >= 0.3 is 12.1 Å². The summed E-state index contributed by atoms with van der Waals surface area (Å²) in [5.74, 6) is -1.37. The fourth-order valence-corrected chi connectivity index (χ4v) is 3.25. The number of benzene rings is 2. The number of hydrogen-bond acceptors (Lipinski definition) is 5. The van der Waals surface area contributed by atoms with Gasteiger partial charge in [0.15, 0.2) is 0 Å². The van der Waals surface area contributed by atoms with E-state index in [4.69, 9.17) is 0 Å². The summed E-state index contributed by atoms with van der Waals surface area (Å²) in [7, 11) is -2.77. The summed E-state index contributed by atoms with van der Waals surface area (Å²) >= 11 is 0. The number of carbonyl (C=O) groups is 2. The molecule has 2 aromatic carbocycles. The lowest BCUT2D eigenvalue weighted by molar-refractivity contribution is -0.137. The number of rotatable bonds is 6. The number of esters is 1. The average Bonchev–Trinajstić information content (AvgIpc) is 2.64. The van der Waals surface area contributed by atoms with Crippen LogP contribution < -0.4 is 9.62 Å². The molecule has 7 nitrogen and oxygen atoms in total. The van der Waals surface area contributed by atoms with Crippen molar-refractivity contribution in [1.82, 2.24) is 0 Å². The van der Waals surface area contributed by atoms with Crippen LogP contribution in [0.25, 0.3) is 0 Å². The first-order valence-electron chi connectivity index (χ1n) is 8.05. The molecule has 1 N–H and O–H groups in total. The standard InChI is InChI=1S/C18H17F3N2O5S/c1-28-17(25)12-4-3-5-14(10-12)22-16(24)11-23(29(2,26)27)15-8-6-13(7-9-15)18(19,20)21/h3-10H,11H2,1-2H3,(H,22,24). The molecule has 0 fully saturated rings. The number of alkyl halides is 3. The molecule has 1 amide bonds. The average molecular weight is 430 g/mol. The monoisotopic (exact) mass is 430 g/mol. The van der Waals surface area contributed by atoms with Crippen LogP contribution in [0.4, 0.5) is 24.5 Å². The molecule has 2 aromatic rings. The van der Waals surface area contributed by atoms with Gasteiger partial charge < -0.3 is 10.1 Å². The van der Waals surface area contributed by atoms with E-state index in [0.717, 1.165) is 30.5 Å². The second kappa shape index (κ2) is 8.52. The molecule has 0 heterocycles. The van der Waals surface area contributed by atoms with Gasteiger partial charge in [-0.2, -0.15) is 13.2 Å². The van der Waals surface area contributed by atoms with Gasteiger partial charge in [0.25, 0.3) is 0 Å². The van der Waals surface area contributed by atoms with E-state index < -0.39 is 40.2 Å². The molecular formula is C18H17F3N2O5S. The van der Waals surface area contributed by atoms with Crippen molar-refractivity contribution in [3.8, 4) is 0 Å². The van der Waals surface area contributed by atoms with Crippen molar-refractivity contribution in [3.63, 3.8) is 0 Å². The second-order valence-corrected chi connectivity index (χ2v) is 7.84. The molecule has 0 radical (unpaired) electrons. The van der Waals surface area contributed by atoms with Crippen LogP contribution >= 0.6 is 0 Å². The van der Waals surface area contributed by atoms with Crippen molar-refractivity contribution >= 4 is 33.3 Å². The molecule has 0 saturated carbocycles. The zero-order chi connectivity index (χ0) is 21.8. The SMILES string of the molecule is COC(=O)c1cccc(NC(=O)CN(c2ccc(C(F)(F)F)cc2)S(C)(=O)=O)c1. The molecule has 29 heavy (non-hydrogen) atoms. The second-order valence-electron chi connectivity index (χ2n) is 5.93. The van der Waals surface area contributed by atoms with E-state index in [1.54, 1.807) is 0 Å². The van der Waals surface area contributed by atoms with Crippen molar-refractivity contribution in [1.29, 1.82) is 0 Å². The lowest BCUT2D eigenvalue weighted by Crippen LogP contribution is -2.37. The predicted octanol–water partition coefficient (Wildman–Crippen LogP) is 2.90. The van der Waals surface area contributed by atoms with Crippen molar-refractivity contribution in [3.05, 3.63) is 59.7 Å². The molecule has 0 bridgehead atoms. The predicted molar refractivity (Wildman–Crippen MR) is 100 cm³/mol. The van der Waals surface area contributed by atoms with Gasteiger partial charge in [0, 0.05) is 5.69 Å². The topological polar surface area (TPSA) is 92.8 Å². The van der Waals surface area contributed by atoms with Crippen molar-refractivity contribution in [2.45, 2.75) is 6.18 Å². The van der Waals surface area contributed by atoms with E-state index in [1.807, 2.05) is 0 Å². The number of nitrogens with zero attached hydrogens (tertiary/aromatic N) is 1. The van der Waals surface area contributed by atoms with Crippen molar-refractivity contribution in [2.24, 2.45) is 0 Å². The molecular weight excluding hydrogens is 413 g/mol. The van der Waals surface area contributed by atoms with E-state index in [1.165, 1.54) is 31.4 Å². The first-order chi connectivity index (χ1) is 13.4. The number of ether oxygens (including phenoxy) is 1. The highest BCUT2D eigenvalue weighted by molar-refractivity contribution is 7.92. The van der Waals surface area contributed by atoms with Gasteiger partial charge in [0.05, 0.1) is 30.2 Å². The highest BCUT2D eigenvalue weighted by atomic mass is 32.2. The molecule has 0 aliphatic carbocycles. The summed E-state index contributed by atoms with van der Waals surface area (Å²) in [6.07, 6.45) is -3.74. The Morgan fingerprint density at radius 1 is 1.10 bits per heavy atom. The molecule has 0 aliphatic heterocycles. The van der Waals surface area contributed by atoms with Gasteiger partial charge in [0.1, 0.15) is 6.54 Å². The molecule has 0 unspecified atom stereocenters. The van der Waals surface area contributed by atoms with E-state index in [2.05, 4.69) is 10.1 Å². The van der Waals surface area contributed by atoms with E-state index in [0.29, 0.717) is 4.31 Å². The van der Waals surface area contributed by atoms with Crippen LogP contribution in [-0.4, -0.2) is 40.2 Å². The van der Waals surface area contributed by atoms with Crippen LogP contribution in [0.2, 0.25) is 0 Å². The molecule has 2 rings (SSSR count).